The third kappa shape index (κ3) is 2.40. The van der Waals surface area contributed by atoms with Gasteiger partial charge in [-0.2, -0.15) is 4.98 Å². The molecule has 0 saturated heterocycles. The van der Waals surface area contributed by atoms with Gasteiger partial charge in [0.25, 0.3) is 0 Å². The van der Waals surface area contributed by atoms with Crippen molar-refractivity contribution in [1.82, 2.24) is 15.0 Å². The second kappa shape index (κ2) is 5.15. The lowest BCUT2D eigenvalue weighted by molar-refractivity contribution is 0.180. The first kappa shape index (κ1) is 17.0. The van der Waals surface area contributed by atoms with Crippen LogP contribution in [0.4, 0.5) is 17.6 Å². The Kier molecular flexibility index (Phi) is 3.12. The topological polar surface area (TPSA) is 79.8 Å². The SMILES string of the molecule is CP(C)(=O)c1ccc(Nc2ncnc(NC34CC5CC6(C3)CC6(C5)C4)n2)cc1. The lowest BCUT2D eigenvalue weighted by Crippen LogP contribution is -2.45. The molecule has 5 aliphatic rings. The number of nitrogens with one attached hydrogen (secondary N) is 2. The van der Waals surface area contributed by atoms with Crippen LogP contribution in [0.1, 0.15) is 38.5 Å². The Morgan fingerprint density at radius 2 is 1.64 bits per heavy atom. The van der Waals surface area contributed by atoms with Crippen molar-refractivity contribution in [2.24, 2.45) is 16.7 Å². The second-order valence-electron chi connectivity index (χ2n) is 10.1. The molecular formula is C21H26N5OP. The monoisotopic (exact) mass is 395 g/mol. The molecule has 2 N–H and O–H groups in total. The van der Waals surface area contributed by atoms with Crippen LogP contribution >= 0.6 is 7.14 Å². The number of aromatic nitrogens is 3. The lowest BCUT2D eigenvalue weighted by atomic mass is 9.69. The molecule has 4 bridgehead atoms. The number of nitrogens with zero attached hydrogens (tertiary/aromatic N) is 3. The normalized spacial score (nSPS) is 37.0. The van der Waals surface area contributed by atoms with E-state index in [2.05, 4.69) is 25.6 Å². The molecule has 2 spiro atoms. The van der Waals surface area contributed by atoms with Gasteiger partial charge in [0.15, 0.2) is 0 Å². The number of rotatable bonds is 5. The molecule has 7 rings (SSSR count). The van der Waals surface area contributed by atoms with Gasteiger partial charge in [0, 0.05) is 16.5 Å². The van der Waals surface area contributed by atoms with Crippen molar-refractivity contribution in [3.8, 4) is 0 Å². The van der Waals surface area contributed by atoms with Crippen LogP contribution < -0.4 is 15.9 Å². The molecule has 2 aromatic rings. The quantitative estimate of drug-likeness (QED) is 0.745. The van der Waals surface area contributed by atoms with Crippen LogP contribution in [0, 0.1) is 16.7 Å². The maximum absolute atomic E-state index is 12.2. The predicted octanol–water partition coefficient (Wildman–Crippen LogP) is 4.00. The van der Waals surface area contributed by atoms with E-state index in [1.54, 1.807) is 19.7 Å². The zero-order valence-electron chi connectivity index (χ0n) is 16.4. The maximum atomic E-state index is 12.2. The Labute approximate surface area is 165 Å². The van der Waals surface area contributed by atoms with E-state index in [-0.39, 0.29) is 5.54 Å². The molecule has 0 radical (unpaired) electrons. The van der Waals surface area contributed by atoms with Crippen LogP contribution in [0.25, 0.3) is 0 Å². The summed E-state index contributed by atoms with van der Waals surface area (Å²) >= 11 is 0. The third-order valence-electron chi connectivity index (χ3n) is 7.76. The van der Waals surface area contributed by atoms with Crippen LogP contribution in [0.5, 0.6) is 0 Å². The molecule has 1 aromatic carbocycles. The minimum absolute atomic E-state index is 0.198. The number of hydrogen-bond acceptors (Lipinski definition) is 6. The van der Waals surface area contributed by atoms with Gasteiger partial charge in [-0.05, 0) is 92.9 Å². The van der Waals surface area contributed by atoms with Gasteiger partial charge in [-0.25, -0.2) is 9.97 Å². The highest BCUT2D eigenvalue weighted by Crippen LogP contribution is 2.88. The highest BCUT2D eigenvalue weighted by atomic mass is 31.2. The van der Waals surface area contributed by atoms with Crippen LogP contribution in [0.15, 0.2) is 30.6 Å². The molecule has 5 aliphatic carbocycles. The highest BCUT2D eigenvalue weighted by Gasteiger charge is 2.81. The summed E-state index contributed by atoms with van der Waals surface area (Å²) in [4.78, 5) is 13.3. The summed E-state index contributed by atoms with van der Waals surface area (Å²) in [5.41, 5.74) is 2.38. The van der Waals surface area contributed by atoms with E-state index in [0.29, 0.717) is 22.7 Å². The second-order valence-corrected chi connectivity index (χ2v) is 13.3. The first-order chi connectivity index (χ1) is 13.3. The standard InChI is InChI=1S/C21H26N5OP/c1-28(2,27)16-5-3-15(4-6-16)24-17-22-13-23-18(25-17)26-21-9-14-7-19(11-21)10-20(19,8-14)12-21/h3-6,13-14H,7-12H2,1-2H3,(H2,22,23,24,25,26). The molecule has 1 heterocycles. The van der Waals surface area contributed by atoms with E-state index in [1.165, 1.54) is 38.5 Å². The van der Waals surface area contributed by atoms with Crippen molar-refractivity contribution in [1.29, 1.82) is 0 Å². The lowest BCUT2D eigenvalue weighted by Gasteiger charge is -2.43. The Balaban J connectivity index is 1.19. The smallest absolute Gasteiger partial charge is 0.231 e. The molecule has 2 unspecified atom stereocenters. The van der Waals surface area contributed by atoms with Gasteiger partial charge in [0.2, 0.25) is 11.9 Å². The third-order valence-corrected chi connectivity index (χ3v) is 9.30. The van der Waals surface area contributed by atoms with Crippen molar-refractivity contribution >= 4 is 30.0 Å². The van der Waals surface area contributed by atoms with Crippen molar-refractivity contribution in [3.05, 3.63) is 30.6 Å². The molecule has 0 aliphatic heterocycles. The predicted molar refractivity (Wildman–Crippen MR) is 111 cm³/mol. The fourth-order valence-electron chi connectivity index (χ4n) is 7.03. The van der Waals surface area contributed by atoms with Gasteiger partial charge < -0.3 is 15.2 Å². The Morgan fingerprint density at radius 1 is 0.964 bits per heavy atom. The Bertz CT molecular complexity index is 998. The summed E-state index contributed by atoms with van der Waals surface area (Å²) in [5.74, 6) is 2.11. The molecule has 0 amide bonds. The number of anilines is 3. The Morgan fingerprint density at radius 3 is 2.29 bits per heavy atom. The fourth-order valence-corrected chi connectivity index (χ4v) is 7.90. The van der Waals surface area contributed by atoms with Crippen molar-refractivity contribution in [2.45, 2.75) is 44.1 Å². The van der Waals surface area contributed by atoms with E-state index < -0.39 is 7.14 Å². The van der Waals surface area contributed by atoms with Crippen LogP contribution in [-0.2, 0) is 4.57 Å². The zero-order valence-corrected chi connectivity index (χ0v) is 17.3. The van der Waals surface area contributed by atoms with E-state index >= 15 is 0 Å². The molecule has 2 atom stereocenters. The Hall–Kier alpha value is -1.94. The number of benzene rings is 1. The van der Waals surface area contributed by atoms with Gasteiger partial charge >= 0.3 is 0 Å². The first-order valence-electron chi connectivity index (χ1n) is 10.2. The number of hydrogen-bond donors (Lipinski definition) is 2. The average Bonchev–Trinajstić information content (AvgIpc) is 3.00. The molecule has 1 aromatic heterocycles. The van der Waals surface area contributed by atoms with Crippen molar-refractivity contribution in [2.75, 3.05) is 24.0 Å². The minimum Gasteiger partial charge on any atom is -0.349 e. The van der Waals surface area contributed by atoms with Crippen LogP contribution in [0.2, 0.25) is 0 Å². The molecule has 5 saturated carbocycles. The maximum Gasteiger partial charge on any atom is 0.231 e. The zero-order chi connectivity index (χ0) is 19.2. The summed E-state index contributed by atoms with van der Waals surface area (Å²) in [6.07, 6.45) is 9.80. The van der Waals surface area contributed by atoms with Crippen LogP contribution in [-0.4, -0.2) is 33.8 Å². The highest BCUT2D eigenvalue weighted by molar-refractivity contribution is 7.70. The van der Waals surface area contributed by atoms with Crippen LogP contribution in [0.3, 0.4) is 0 Å². The van der Waals surface area contributed by atoms with Gasteiger partial charge in [-0.15, -0.1) is 0 Å². The first-order valence-corrected chi connectivity index (χ1v) is 12.8. The summed E-state index contributed by atoms with van der Waals surface area (Å²) in [6.45, 7) is 3.56. The fraction of sp³-hybridized carbons (Fsp3) is 0.571. The van der Waals surface area contributed by atoms with Gasteiger partial charge in [-0.1, -0.05) is 0 Å². The molecule has 5 fully saturated rings. The average molecular weight is 395 g/mol. The molecule has 146 valence electrons. The van der Waals surface area contributed by atoms with Crippen molar-refractivity contribution in [3.63, 3.8) is 0 Å². The molecular weight excluding hydrogens is 369 g/mol. The van der Waals surface area contributed by atoms with Crippen molar-refractivity contribution < 1.29 is 4.57 Å². The largest absolute Gasteiger partial charge is 0.349 e. The molecule has 6 nitrogen and oxygen atoms in total. The van der Waals surface area contributed by atoms with E-state index in [1.807, 2.05) is 24.3 Å². The van der Waals surface area contributed by atoms with Gasteiger partial charge in [-0.3, -0.25) is 0 Å². The van der Waals surface area contributed by atoms with E-state index in [4.69, 9.17) is 0 Å². The summed E-state index contributed by atoms with van der Waals surface area (Å²) in [5, 5.41) is 7.83. The van der Waals surface area contributed by atoms with E-state index in [9.17, 15) is 4.57 Å². The van der Waals surface area contributed by atoms with E-state index in [0.717, 1.165) is 16.9 Å². The summed E-state index contributed by atoms with van der Waals surface area (Å²) < 4.78 is 12.2. The molecule has 7 heteroatoms. The van der Waals surface area contributed by atoms with Gasteiger partial charge in [0.05, 0.1) is 0 Å². The van der Waals surface area contributed by atoms with Gasteiger partial charge in [0.1, 0.15) is 13.5 Å². The minimum atomic E-state index is -2.24. The summed E-state index contributed by atoms with van der Waals surface area (Å²) in [6, 6.07) is 7.65. The summed E-state index contributed by atoms with van der Waals surface area (Å²) in [7, 11) is -2.24. The molecule has 28 heavy (non-hydrogen) atoms.